The molecule has 2 rings (SSSR count). The maximum atomic E-state index is 12.5. The first-order valence-corrected chi connectivity index (χ1v) is 8.81. The average molecular weight is 403 g/mol. The van der Waals surface area contributed by atoms with Crippen molar-refractivity contribution >= 4 is 46.5 Å². The summed E-state index contributed by atoms with van der Waals surface area (Å²) in [5, 5.41) is 4.53. The molecule has 1 aromatic rings. The number of halogens is 2. The van der Waals surface area contributed by atoms with E-state index in [9.17, 15) is 4.79 Å². The van der Waals surface area contributed by atoms with Crippen LogP contribution in [0.25, 0.3) is 0 Å². The number of ether oxygens (including phenoxy) is 2. The van der Waals surface area contributed by atoms with Crippen LogP contribution in [0.1, 0.15) is 25.5 Å². The van der Waals surface area contributed by atoms with Crippen LogP contribution in [-0.4, -0.2) is 42.8 Å². The smallest absolute Gasteiger partial charge is 0.337 e. The molecule has 8 heteroatoms. The highest BCUT2D eigenvalue weighted by Crippen LogP contribution is 2.38. The van der Waals surface area contributed by atoms with E-state index >= 15 is 0 Å². The van der Waals surface area contributed by atoms with Crippen molar-refractivity contribution in [1.82, 2.24) is 10.2 Å². The molecule has 0 radical (unpaired) electrons. The van der Waals surface area contributed by atoms with E-state index in [4.69, 9.17) is 44.9 Å². The van der Waals surface area contributed by atoms with Gasteiger partial charge >= 0.3 is 5.97 Å². The fraction of sp³-hybridized carbons (Fsp3) is 0.412. The molecule has 0 amide bonds. The summed E-state index contributed by atoms with van der Waals surface area (Å²) in [6.45, 7) is 4.23. The minimum atomic E-state index is -0.591. The number of hydrogen-bond donors (Lipinski definition) is 1. The number of carbonyl (C=O) groups is 1. The van der Waals surface area contributed by atoms with Gasteiger partial charge < -0.3 is 19.7 Å². The van der Waals surface area contributed by atoms with Crippen LogP contribution in [0.5, 0.6) is 0 Å². The summed E-state index contributed by atoms with van der Waals surface area (Å²) in [7, 11) is 2.95. The van der Waals surface area contributed by atoms with Gasteiger partial charge in [0.25, 0.3) is 0 Å². The second kappa shape index (κ2) is 8.36. The fourth-order valence-corrected chi connectivity index (χ4v) is 4.03. The number of methoxy groups -OCH3 is 2. The van der Waals surface area contributed by atoms with Gasteiger partial charge in [0.2, 0.25) is 0 Å². The predicted molar refractivity (Wildman–Crippen MR) is 103 cm³/mol. The highest BCUT2D eigenvalue weighted by molar-refractivity contribution is 7.80. The van der Waals surface area contributed by atoms with E-state index in [0.717, 1.165) is 0 Å². The Morgan fingerprint density at radius 3 is 2.48 bits per heavy atom. The Morgan fingerprint density at radius 1 is 1.36 bits per heavy atom. The number of carbonyl (C=O) groups excluding carboxylic acids is 1. The number of nitrogens with one attached hydrogen (secondary N) is 1. The lowest BCUT2D eigenvalue weighted by atomic mass is 9.94. The molecule has 1 aliphatic rings. The second-order valence-electron chi connectivity index (χ2n) is 5.68. The Labute approximate surface area is 162 Å². The molecule has 136 valence electrons. The van der Waals surface area contributed by atoms with E-state index in [1.807, 2.05) is 18.7 Å². The molecule has 0 bridgehead atoms. The van der Waals surface area contributed by atoms with E-state index in [0.29, 0.717) is 38.6 Å². The zero-order chi connectivity index (χ0) is 18.7. The molecule has 1 aliphatic heterocycles. The molecule has 0 saturated heterocycles. The maximum Gasteiger partial charge on any atom is 0.337 e. The van der Waals surface area contributed by atoms with E-state index in [1.165, 1.54) is 7.11 Å². The molecule has 5 nitrogen and oxygen atoms in total. The van der Waals surface area contributed by atoms with Crippen molar-refractivity contribution < 1.29 is 14.3 Å². The largest absolute Gasteiger partial charge is 0.466 e. The fourth-order valence-electron chi connectivity index (χ4n) is 2.98. The van der Waals surface area contributed by atoms with Crippen molar-refractivity contribution in [3.05, 3.63) is 45.1 Å². The monoisotopic (exact) mass is 402 g/mol. The predicted octanol–water partition coefficient (Wildman–Crippen LogP) is 3.71. The quantitative estimate of drug-likeness (QED) is 0.598. The van der Waals surface area contributed by atoms with Crippen molar-refractivity contribution in [1.29, 1.82) is 0 Å². The first-order chi connectivity index (χ1) is 11.8. The third-order valence-corrected chi connectivity index (χ3v) is 5.04. The van der Waals surface area contributed by atoms with E-state index < -0.39 is 12.0 Å². The molecule has 1 aromatic carbocycles. The Kier molecular flexibility index (Phi) is 6.68. The summed E-state index contributed by atoms with van der Waals surface area (Å²) in [5.41, 5.74) is 1.68. The number of hydrogen-bond acceptors (Lipinski definition) is 4. The van der Waals surface area contributed by atoms with Crippen LogP contribution >= 0.6 is 35.4 Å². The summed E-state index contributed by atoms with van der Waals surface area (Å²) in [6.07, 6.45) is 0. The lowest BCUT2D eigenvalue weighted by Crippen LogP contribution is -2.52. The van der Waals surface area contributed by atoms with Gasteiger partial charge in [-0.2, -0.15) is 0 Å². The zero-order valence-corrected chi connectivity index (χ0v) is 16.8. The van der Waals surface area contributed by atoms with Crippen LogP contribution in [0.2, 0.25) is 10.0 Å². The van der Waals surface area contributed by atoms with Crippen molar-refractivity contribution in [3.8, 4) is 0 Å². The van der Waals surface area contributed by atoms with Gasteiger partial charge in [-0.05, 0) is 38.2 Å². The van der Waals surface area contributed by atoms with Crippen LogP contribution in [-0.2, 0) is 14.3 Å². The molecule has 0 saturated carbocycles. The Hall–Kier alpha value is -1.34. The molecule has 0 aromatic heterocycles. The number of nitrogens with zero attached hydrogens (tertiary/aromatic N) is 1. The zero-order valence-electron chi connectivity index (χ0n) is 14.4. The SMILES string of the molecule is COC[C@H](C)N1C(=S)N[C@@H](c2c(Cl)cccc2Cl)C(C(=O)OC)=C1C. The van der Waals surface area contributed by atoms with E-state index in [2.05, 4.69) is 5.32 Å². The van der Waals surface area contributed by atoms with Gasteiger partial charge in [-0.15, -0.1) is 0 Å². The molecule has 0 aliphatic carbocycles. The van der Waals surface area contributed by atoms with Crippen LogP contribution in [0.4, 0.5) is 0 Å². The third-order valence-electron chi connectivity index (χ3n) is 4.07. The topological polar surface area (TPSA) is 50.8 Å². The Morgan fingerprint density at radius 2 is 1.96 bits per heavy atom. The summed E-state index contributed by atoms with van der Waals surface area (Å²) in [6, 6.07) is 4.53. The number of thiocarbonyl (C=S) groups is 1. The summed E-state index contributed by atoms with van der Waals surface area (Å²) < 4.78 is 10.2. The molecule has 2 atom stereocenters. The normalized spacial score (nSPS) is 18.9. The molecule has 1 heterocycles. The van der Waals surface area contributed by atoms with Crippen molar-refractivity contribution in [2.24, 2.45) is 0 Å². The molecule has 0 spiro atoms. The molecular formula is C17H20Cl2N2O3S. The lowest BCUT2D eigenvalue weighted by Gasteiger charge is -2.40. The van der Waals surface area contributed by atoms with Crippen LogP contribution in [0.3, 0.4) is 0 Å². The van der Waals surface area contributed by atoms with Gasteiger partial charge in [0.05, 0.1) is 31.4 Å². The molecule has 25 heavy (non-hydrogen) atoms. The van der Waals surface area contributed by atoms with Crippen LogP contribution < -0.4 is 5.32 Å². The highest BCUT2D eigenvalue weighted by atomic mass is 35.5. The van der Waals surface area contributed by atoms with Gasteiger partial charge in [0.1, 0.15) is 0 Å². The number of benzene rings is 1. The molecule has 0 fully saturated rings. The highest BCUT2D eigenvalue weighted by Gasteiger charge is 2.37. The van der Waals surface area contributed by atoms with Crippen molar-refractivity contribution in [3.63, 3.8) is 0 Å². The van der Waals surface area contributed by atoms with Gasteiger partial charge in [0, 0.05) is 28.4 Å². The van der Waals surface area contributed by atoms with Gasteiger partial charge in [-0.1, -0.05) is 29.3 Å². The second-order valence-corrected chi connectivity index (χ2v) is 6.88. The maximum absolute atomic E-state index is 12.5. The van der Waals surface area contributed by atoms with Crippen LogP contribution in [0.15, 0.2) is 29.5 Å². The number of esters is 1. The number of rotatable bonds is 5. The summed E-state index contributed by atoms with van der Waals surface area (Å²) in [4.78, 5) is 14.3. The minimum Gasteiger partial charge on any atom is -0.466 e. The minimum absolute atomic E-state index is 0.0627. The van der Waals surface area contributed by atoms with Gasteiger partial charge in [0.15, 0.2) is 5.11 Å². The lowest BCUT2D eigenvalue weighted by molar-refractivity contribution is -0.136. The molecule has 1 N–H and O–H groups in total. The Balaban J connectivity index is 2.62. The molecular weight excluding hydrogens is 383 g/mol. The first-order valence-electron chi connectivity index (χ1n) is 7.65. The number of allylic oxidation sites excluding steroid dienone is 1. The average Bonchev–Trinajstić information content (AvgIpc) is 2.54. The van der Waals surface area contributed by atoms with Gasteiger partial charge in [-0.25, -0.2) is 4.79 Å². The van der Waals surface area contributed by atoms with E-state index in [1.54, 1.807) is 25.3 Å². The van der Waals surface area contributed by atoms with Crippen molar-refractivity contribution in [2.45, 2.75) is 25.9 Å². The summed E-state index contributed by atoms with van der Waals surface area (Å²) >= 11 is 18.2. The third kappa shape index (κ3) is 3.92. The molecule has 0 unspecified atom stereocenters. The van der Waals surface area contributed by atoms with Gasteiger partial charge in [-0.3, -0.25) is 0 Å². The van der Waals surface area contributed by atoms with E-state index in [-0.39, 0.29) is 6.04 Å². The first kappa shape index (κ1) is 20.0. The standard InChI is InChI=1S/C17H20Cl2N2O3S/c1-9(8-23-3)21-10(2)13(16(22)24-4)15(20-17(21)25)14-11(18)6-5-7-12(14)19/h5-7,9,15H,8H2,1-4H3,(H,20,25)/t9-,15+/m0/s1. The van der Waals surface area contributed by atoms with Crippen LogP contribution in [0, 0.1) is 0 Å². The van der Waals surface area contributed by atoms with Crippen molar-refractivity contribution in [2.75, 3.05) is 20.8 Å². The summed E-state index contributed by atoms with van der Waals surface area (Å²) in [5.74, 6) is -0.469. The Bertz CT molecular complexity index is 704.